The molecule has 3 aromatic rings. The van der Waals surface area contributed by atoms with Gasteiger partial charge < -0.3 is 10.2 Å². The van der Waals surface area contributed by atoms with Gasteiger partial charge in [0.15, 0.2) is 5.11 Å². The molecule has 1 heterocycles. The molecule has 0 radical (unpaired) electrons. The van der Waals surface area contributed by atoms with Gasteiger partial charge >= 0.3 is 6.18 Å². The first kappa shape index (κ1) is 25.6. The van der Waals surface area contributed by atoms with Crippen LogP contribution in [0.5, 0.6) is 0 Å². The number of thiocarbonyl (C=S) groups is 1. The highest BCUT2D eigenvalue weighted by Gasteiger charge is 2.44. The van der Waals surface area contributed by atoms with Crippen LogP contribution >= 0.6 is 23.8 Å². The van der Waals surface area contributed by atoms with E-state index in [1.807, 2.05) is 0 Å². The summed E-state index contributed by atoms with van der Waals surface area (Å²) in [6.07, 6.45) is -4.94. The molecule has 0 bridgehead atoms. The average molecular weight is 536 g/mol. The fraction of sp³-hybridized carbons (Fsp3) is 0.160. The van der Waals surface area contributed by atoms with Crippen LogP contribution in [-0.2, 0) is 22.3 Å². The van der Waals surface area contributed by atoms with Crippen molar-refractivity contribution in [2.24, 2.45) is 0 Å². The van der Waals surface area contributed by atoms with E-state index in [0.29, 0.717) is 16.3 Å². The van der Waals surface area contributed by atoms with Crippen molar-refractivity contribution in [3.8, 4) is 0 Å². The van der Waals surface area contributed by atoms with E-state index in [0.717, 1.165) is 17.0 Å². The Labute approximate surface area is 214 Å². The Kier molecular flexibility index (Phi) is 7.28. The van der Waals surface area contributed by atoms with Crippen LogP contribution in [0.4, 0.5) is 28.9 Å². The molecule has 1 unspecified atom stereocenters. The SMILES string of the molecule is O=C(CC1C(=O)N(c2cccc(C(F)(F)F)c2)C(=S)N1Cc1ccc(F)cc1)Nc1ccc(Cl)cc1. The zero-order chi connectivity index (χ0) is 26.0. The number of carbonyl (C=O) groups is 2. The highest BCUT2D eigenvalue weighted by atomic mass is 35.5. The number of nitrogens with one attached hydrogen (secondary N) is 1. The molecule has 36 heavy (non-hydrogen) atoms. The molecule has 11 heteroatoms. The van der Waals surface area contributed by atoms with Crippen LogP contribution in [0.25, 0.3) is 0 Å². The van der Waals surface area contributed by atoms with Gasteiger partial charge in [-0.25, -0.2) is 4.39 Å². The molecule has 2 amide bonds. The Morgan fingerprint density at radius 3 is 2.33 bits per heavy atom. The summed E-state index contributed by atoms with van der Waals surface area (Å²) in [6, 6.07) is 15.0. The Bertz CT molecular complexity index is 1300. The number of carbonyl (C=O) groups excluding carboxylic acids is 2. The van der Waals surface area contributed by atoms with Gasteiger partial charge in [0, 0.05) is 17.3 Å². The molecule has 0 aliphatic carbocycles. The van der Waals surface area contributed by atoms with E-state index in [1.165, 1.54) is 41.3 Å². The van der Waals surface area contributed by atoms with Crippen LogP contribution < -0.4 is 10.2 Å². The molecular weight excluding hydrogens is 518 g/mol. The van der Waals surface area contributed by atoms with Crippen molar-refractivity contribution >= 4 is 52.1 Å². The Morgan fingerprint density at radius 2 is 1.69 bits per heavy atom. The van der Waals surface area contributed by atoms with Crippen molar-refractivity contribution in [2.75, 3.05) is 10.2 Å². The summed E-state index contributed by atoms with van der Waals surface area (Å²) in [5, 5.41) is 3.09. The minimum absolute atomic E-state index is 0.0409. The third-order valence-electron chi connectivity index (χ3n) is 5.52. The van der Waals surface area contributed by atoms with Gasteiger partial charge in [-0.15, -0.1) is 0 Å². The summed E-state index contributed by atoms with van der Waals surface area (Å²) in [4.78, 5) is 28.7. The number of hydrogen-bond donors (Lipinski definition) is 1. The molecule has 0 spiro atoms. The third kappa shape index (κ3) is 5.66. The topological polar surface area (TPSA) is 52.7 Å². The van der Waals surface area contributed by atoms with E-state index < -0.39 is 35.4 Å². The molecular formula is C25H18ClF4N3O2S. The third-order valence-corrected chi connectivity index (χ3v) is 6.19. The minimum Gasteiger partial charge on any atom is -0.332 e. The molecule has 1 aliphatic rings. The Morgan fingerprint density at radius 1 is 1.03 bits per heavy atom. The zero-order valence-electron chi connectivity index (χ0n) is 18.4. The van der Waals surface area contributed by atoms with Gasteiger partial charge in [-0.1, -0.05) is 29.8 Å². The molecule has 0 saturated carbocycles. The number of benzene rings is 3. The van der Waals surface area contributed by atoms with Crippen LogP contribution in [0.15, 0.2) is 72.8 Å². The van der Waals surface area contributed by atoms with E-state index in [-0.39, 0.29) is 23.8 Å². The summed E-state index contributed by atoms with van der Waals surface area (Å²) in [5.74, 6) is -1.61. The van der Waals surface area contributed by atoms with Gasteiger partial charge in [0.1, 0.15) is 11.9 Å². The van der Waals surface area contributed by atoms with E-state index >= 15 is 0 Å². The monoisotopic (exact) mass is 535 g/mol. The van der Waals surface area contributed by atoms with Crippen LogP contribution in [0.2, 0.25) is 5.02 Å². The molecule has 5 nitrogen and oxygen atoms in total. The average Bonchev–Trinajstić information content (AvgIpc) is 3.05. The highest BCUT2D eigenvalue weighted by Crippen LogP contribution is 2.34. The molecule has 3 aromatic carbocycles. The molecule has 1 fully saturated rings. The fourth-order valence-corrected chi connectivity index (χ4v) is 4.29. The van der Waals surface area contributed by atoms with Gasteiger partial charge in [0.2, 0.25) is 5.91 Å². The normalized spacial score (nSPS) is 16.0. The number of halogens is 5. The quantitative estimate of drug-likeness (QED) is 0.309. The van der Waals surface area contributed by atoms with E-state index in [2.05, 4.69) is 5.32 Å². The molecule has 186 valence electrons. The second-order valence-corrected chi connectivity index (χ2v) is 8.84. The number of rotatable bonds is 6. The van der Waals surface area contributed by atoms with Crippen molar-refractivity contribution in [3.63, 3.8) is 0 Å². The second-order valence-electron chi connectivity index (χ2n) is 8.03. The van der Waals surface area contributed by atoms with Crippen LogP contribution in [0, 0.1) is 5.82 Å². The van der Waals surface area contributed by atoms with Crippen molar-refractivity contribution in [1.82, 2.24) is 4.90 Å². The molecule has 1 atom stereocenters. The minimum atomic E-state index is -4.62. The van der Waals surface area contributed by atoms with E-state index in [4.69, 9.17) is 23.8 Å². The van der Waals surface area contributed by atoms with Crippen molar-refractivity contribution in [2.45, 2.75) is 25.2 Å². The maximum Gasteiger partial charge on any atom is 0.416 e. The predicted octanol–water partition coefficient (Wildman–Crippen LogP) is 6.03. The van der Waals surface area contributed by atoms with Gasteiger partial charge in [0.25, 0.3) is 5.91 Å². The molecule has 1 saturated heterocycles. The number of nitrogens with zero attached hydrogens (tertiary/aromatic N) is 2. The Hall–Kier alpha value is -3.50. The number of alkyl halides is 3. The van der Waals surface area contributed by atoms with Crippen LogP contribution in [-0.4, -0.2) is 27.9 Å². The molecule has 1 N–H and O–H groups in total. The summed E-state index contributed by atoms with van der Waals surface area (Å²) in [6.45, 7) is 0.0409. The van der Waals surface area contributed by atoms with Crippen molar-refractivity contribution in [3.05, 3.63) is 94.8 Å². The lowest BCUT2D eigenvalue weighted by Crippen LogP contribution is -2.37. The highest BCUT2D eigenvalue weighted by molar-refractivity contribution is 7.80. The van der Waals surface area contributed by atoms with Gasteiger partial charge in [0.05, 0.1) is 17.7 Å². The standard InChI is InChI=1S/C25H18ClF4N3O2S/c26-17-6-10-19(11-7-17)31-22(34)13-21-23(35)33(20-3-1-2-16(12-20)25(28,29)30)24(36)32(21)14-15-4-8-18(27)9-5-15/h1-12,21H,13-14H2,(H,31,34). The van der Waals surface area contributed by atoms with E-state index in [9.17, 15) is 27.2 Å². The second kappa shape index (κ2) is 10.2. The van der Waals surface area contributed by atoms with Gasteiger partial charge in [-0.2, -0.15) is 13.2 Å². The Balaban J connectivity index is 1.63. The first-order valence-electron chi connectivity index (χ1n) is 10.6. The lowest BCUT2D eigenvalue weighted by atomic mass is 10.1. The lowest BCUT2D eigenvalue weighted by Gasteiger charge is -2.24. The fourth-order valence-electron chi connectivity index (χ4n) is 3.78. The molecule has 4 rings (SSSR count). The summed E-state index contributed by atoms with van der Waals surface area (Å²) >= 11 is 11.3. The van der Waals surface area contributed by atoms with Gasteiger partial charge in [-0.3, -0.25) is 14.5 Å². The smallest absolute Gasteiger partial charge is 0.332 e. The maximum absolute atomic E-state index is 13.4. The van der Waals surface area contributed by atoms with Gasteiger partial charge in [-0.05, 0) is 72.4 Å². The summed E-state index contributed by atoms with van der Waals surface area (Å²) in [5.41, 5.74) is 0.0481. The first-order valence-corrected chi connectivity index (χ1v) is 11.4. The van der Waals surface area contributed by atoms with Crippen LogP contribution in [0.3, 0.4) is 0 Å². The van der Waals surface area contributed by atoms with E-state index in [1.54, 1.807) is 24.3 Å². The summed E-state index contributed by atoms with van der Waals surface area (Å²) < 4.78 is 53.2. The number of anilines is 2. The molecule has 1 aliphatic heterocycles. The van der Waals surface area contributed by atoms with Crippen LogP contribution in [0.1, 0.15) is 17.5 Å². The maximum atomic E-state index is 13.4. The first-order chi connectivity index (χ1) is 17.0. The van der Waals surface area contributed by atoms with Crippen molar-refractivity contribution in [1.29, 1.82) is 0 Å². The number of hydrogen-bond acceptors (Lipinski definition) is 3. The largest absolute Gasteiger partial charge is 0.416 e. The molecule has 0 aromatic heterocycles. The zero-order valence-corrected chi connectivity index (χ0v) is 20.0. The lowest BCUT2D eigenvalue weighted by molar-refractivity contribution is -0.137. The number of amides is 2. The summed E-state index contributed by atoms with van der Waals surface area (Å²) in [7, 11) is 0. The van der Waals surface area contributed by atoms with Crippen molar-refractivity contribution < 1.29 is 27.2 Å². The predicted molar refractivity (Wildman–Crippen MR) is 132 cm³/mol.